The molecule has 0 aromatic heterocycles. The van der Waals surface area contributed by atoms with E-state index in [0.29, 0.717) is 29.3 Å². The molecule has 0 saturated carbocycles. The van der Waals surface area contributed by atoms with Crippen LogP contribution in [0.3, 0.4) is 0 Å². The van der Waals surface area contributed by atoms with Crippen LogP contribution in [0.15, 0.2) is 30.3 Å². The Kier molecular flexibility index (Phi) is 2.67. The highest BCUT2D eigenvalue weighted by Gasteiger charge is 2.67. The van der Waals surface area contributed by atoms with Crippen molar-refractivity contribution in [1.29, 1.82) is 0 Å². The van der Waals surface area contributed by atoms with Gasteiger partial charge in [-0.2, -0.15) is 8.42 Å². The van der Waals surface area contributed by atoms with Crippen molar-refractivity contribution in [2.75, 3.05) is 6.61 Å². The minimum atomic E-state index is -4.57. The maximum atomic E-state index is 12.1. The average Bonchev–Trinajstić information content (AvgIpc) is 2.86. The van der Waals surface area contributed by atoms with Gasteiger partial charge in [0.2, 0.25) is 0 Å². The number of hydrogen-bond acceptors (Lipinski definition) is 4. The van der Waals surface area contributed by atoms with Crippen molar-refractivity contribution in [3.05, 3.63) is 35.9 Å². The van der Waals surface area contributed by atoms with E-state index in [4.69, 9.17) is 4.74 Å². The number of nitrogens with zero attached hydrogens (tertiary/aromatic N) is 1. The molecule has 3 rings (SSSR count). The maximum absolute atomic E-state index is 12.1. The van der Waals surface area contributed by atoms with E-state index in [1.165, 1.54) is 0 Å². The Hall–Kier alpha value is -1.44. The number of carbonyl (C=O) groups is 1. The van der Waals surface area contributed by atoms with Crippen LogP contribution in [-0.2, 0) is 19.8 Å². The zero-order valence-corrected chi connectivity index (χ0v) is 10.8. The molecule has 7 heteroatoms. The van der Waals surface area contributed by atoms with E-state index in [1.54, 1.807) is 30.3 Å². The molecule has 0 unspecified atom stereocenters. The molecule has 2 aliphatic heterocycles. The molecule has 2 aliphatic rings. The predicted molar refractivity (Wildman–Crippen MR) is 65.5 cm³/mol. The maximum Gasteiger partial charge on any atom is 0.362 e. The van der Waals surface area contributed by atoms with Gasteiger partial charge in [-0.15, -0.1) is 0 Å². The van der Waals surface area contributed by atoms with E-state index < -0.39 is 27.9 Å². The van der Waals surface area contributed by atoms with Crippen LogP contribution in [0.5, 0.6) is 0 Å². The van der Waals surface area contributed by atoms with Crippen molar-refractivity contribution in [2.45, 2.75) is 24.5 Å². The van der Waals surface area contributed by atoms with Gasteiger partial charge in [0, 0.05) is 6.61 Å². The highest BCUT2D eigenvalue weighted by Crippen LogP contribution is 2.52. The van der Waals surface area contributed by atoms with Gasteiger partial charge < -0.3 is 4.74 Å². The number of benzene rings is 1. The second kappa shape index (κ2) is 4.03. The molecule has 1 aromatic carbocycles. The Morgan fingerprint density at radius 2 is 2.00 bits per heavy atom. The molecule has 2 fully saturated rings. The second-order valence-electron chi connectivity index (χ2n) is 4.73. The van der Waals surface area contributed by atoms with Crippen LogP contribution in [-0.4, -0.2) is 35.4 Å². The fourth-order valence-electron chi connectivity index (χ4n) is 2.87. The van der Waals surface area contributed by atoms with Crippen LogP contribution < -0.4 is 0 Å². The smallest absolute Gasteiger partial charge is 0.362 e. The van der Waals surface area contributed by atoms with Crippen molar-refractivity contribution in [3.63, 3.8) is 0 Å². The monoisotopic (exact) mass is 283 g/mol. The number of amides is 1. The fraction of sp³-hybridized carbons (Fsp3) is 0.417. The first-order chi connectivity index (χ1) is 8.97. The van der Waals surface area contributed by atoms with E-state index >= 15 is 0 Å². The van der Waals surface area contributed by atoms with Crippen molar-refractivity contribution in [3.8, 4) is 0 Å². The Labute approximate surface area is 110 Å². The lowest BCUT2D eigenvalue weighted by atomic mass is 9.78. The number of hydrogen-bond donors (Lipinski definition) is 1. The molecule has 2 saturated heterocycles. The lowest BCUT2D eigenvalue weighted by molar-refractivity contribution is -0.182. The third-order valence-corrected chi connectivity index (χ3v) is 4.53. The van der Waals surface area contributed by atoms with Crippen LogP contribution in [0.2, 0.25) is 0 Å². The van der Waals surface area contributed by atoms with Gasteiger partial charge in [-0.25, -0.2) is 4.31 Å². The van der Waals surface area contributed by atoms with Gasteiger partial charge in [-0.3, -0.25) is 9.35 Å². The van der Waals surface area contributed by atoms with Crippen molar-refractivity contribution in [2.24, 2.45) is 0 Å². The molecule has 2 atom stereocenters. The molecule has 1 spiro atoms. The standard InChI is InChI=1S/C12H13NO5S/c14-11-12(7-4-8-18-12)10(13(11)19(15,16)17)9-5-2-1-3-6-9/h1-3,5-6,10H,4,7-8H2,(H,15,16,17)/t10-,12+/m1/s1. The molecule has 1 amide bonds. The molecule has 0 bridgehead atoms. The van der Waals surface area contributed by atoms with Crippen molar-refractivity contribution < 1.29 is 22.5 Å². The number of ether oxygens (including phenoxy) is 1. The van der Waals surface area contributed by atoms with E-state index in [0.717, 1.165) is 0 Å². The summed E-state index contributed by atoms with van der Waals surface area (Å²) in [4.78, 5) is 12.1. The van der Waals surface area contributed by atoms with Crippen molar-refractivity contribution in [1.82, 2.24) is 4.31 Å². The quantitative estimate of drug-likeness (QED) is 0.644. The minimum absolute atomic E-state index is 0.425. The largest absolute Gasteiger partial charge is 0.362 e. The number of carbonyl (C=O) groups excluding carboxylic acids is 1. The van der Waals surface area contributed by atoms with Crippen LogP contribution in [0.25, 0.3) is 0 Å². The van der Waals surface area contributed by atoms with Gasteiger partial charge in [-0.1, -0.05) is 30.3 Å². The van der Waals surface area contributed by atoms with Gasteiger partial charge in [0.1, 0.15) is 6.04 Å². The molecule has 1 N–H and O–H groups in total. The third kappa shape index (κ3) is 1.69. The molecule has 0 radical (unpaired) electrons. The highest BCUT2D eigenvalue weighted by atomic mass is 32.2. The first kappa shape index (κ1) is 12.6. The normalized spacial score (nSPS) is 30.7. The first-order valence-corrected chi connectivity index (χ1v) is 7.37. The van der Waals surface area contributed by atoms with E-state index in [1.807, 2.05) is 0 Å². The Bertz CT molecular complexity index is 606. The van der Waals surface area contributed by atoms with Crippen LogP contribution in [0.4, 0.5) is 0 Å². The summed E-state index contributed by atoms with van der Waals surface area (Å²) in [5.74, 6) is -0.679. The number of β-lactam (4-membered cyclic amide) rings is 1. The molecule has 0 aliphatic carbocycles. The fourth-order valence-corrected chi connectivity index (χ4v) is 3.79. The molecular weight excluding hydrogens is 270 g/mol. The Balaban J connectivity index is 2.08. The summed E-state index contributed by atoms with van der Waals surface area (Å²) in [6, 6.07) is 7.96. The Morgan fingerprint density at radius 3 is 2.53 bits per heavy atom. The van der Waals surface area contributed by atoms with Crippen molar-refractivity contribution >= 4 is 16.2 Å². The third-order valence-electron chi connectivity index (χ3n) is 3.65. The molecular formula is C12H13NO5S. The van der Waals surface area contributed by atoms with E-state index in [2.05, 4.69) is 0 Å². The summed E-state index contributed by atoms with van der Waals surface area (Å²) >= 11 is 0. The van der Waals surface area contributed by atoms with Crippen LogP contribution in [0, 0.1) is 0 Å². The van der Waals surface area contributed by atoms with Gasteiger partial charge in [0.15, 0.2) is 5.60 Å². The van der Waals surface area contributed by atoms with Gasteiger partial charge in [0.05, 0.1) is 0 Å². The van der Waals surface area contributed by atoms with Crippen LogP contribution in [0.1, 0.15) is 24.4 Å². The average molecular weight is 283 g/mol. The molecule has 1 aromatic rings. The lowest BCUT2D eigenvalue weighted by Gasteiger charge is -2.51. The summed E-state index contributed by atoms with van der Waals surface area (Å²) < 4.78 is 37.9. The van der Waals surface area contributed by atoms with E-state index in [-0.39, 0.29) is 0 Å². The molecule has 102 valence electrons. The summed E-state index contributed by atoms with van der Waals surface area (Å²) in [5.41, 5.74) is -0.487. The summed E-state index contributed by atoms with van der Waals surface area (Å²) in [5, 5.41) is 0. The predicted octanol–water partition coefficient (Wildman–Crippen LogP) is 0.922. The minimum Gasteiger partial charge on any atom is -0.362 e. The molecule has 2 heterocycles. The second-order valence-corrected chi connectivity index (χ2v) is 6.02. The summed E-state index contributed by atoms with van der Waals surface area (Å²) in [7, 11) is -4.57. The van der Waals surface area contributed by atoms with Crippen LogP contribution >= 0.6 is 0 Å². The highest BCUT2D eigenvalue weighted by molar-refractivity contribution is 7.84. The van der Waals surface area contributed by atoms with Gasteiger partial charge in [-0.05, 0) is 18.4 Å². The summed E-state index contributed by atoms with van der Waals surface area (Å²) in [6.07, 6.45) is 1.17. The Morgan fingerprint density at radius 1 is 1.32 bits per heavy atom. The molecule has 19 heavy (non-hydrogen) atoms. The number of rotatable bonds is 2. The van der Waals surface area contributed by atoms with Gasteiger partial charge >= 0.3 is 10.3 Å². The first-order valence-electron chi connectivity index (χ1n) is 5.97. The lowest BCUT2D eigenvalue weighted by Crippen LogP contribution is -2.69. The SMILES string of the molecule is O=C1N(S(=O)(=O)O)[C@H](c2ccccc2)[C@@]12CCCO2. The topological polar surface area (TPSA) is 83.9 Å². The summed E-state index contributed by atoms with van der Waals surface area (Å²) in [6.45, 7) is 0.425. The van der Waals surface area contributed by atoms with E-state index in [9.17, 15) is 17.8 Å². The molecule has 6 nitrogen and oxygen atoms in total. The zero-order valence-electron chi connectivity index (χ0n) is 10.0. The zero-order chi connectivity index (χ0) is 13.7. The van der Waals surface area contributed by atoms with Gasteiger partial charge in [0.25, 0.3) is 5.91 Å².